The van der Waals surface area contributed by atoms with Gasteiger partial charge in [-0.25, -0.2) is 38.2 Å². The van der Waals surface area contributed by atoms with Crippen LogP contribution in [0.2, 0.25) is 0 Å². The number of imidazole rings is 3. The third-order valence-corrected chi connectivity index (χ3v) is 19.6. The molecule has 3 aliphatic rings. The first-order valence-corrected chi connectivity index (χ1v) is 29.8. The van der Waals surface area contributed by atoms with Crippen LogP contribution in [0.4, 0.5) is 17.7 Å². The summed E-state index contributed by atoms with van der Waals surface area (Å²) in [5, 5.41) is 33.6. The van der Waals surface area contributed by atoms with Gasteiger partial charge in [-0.05, 0) is 5.92 Å². The Labute approximate surface area is 447 Å². The second-order valence-electron chi connectivity index (χ2n) is 19.3. The number of carbonyl (C=O) groups is 1. The van der Waals surface area contributed by atoms with E-state index in [1.54, 1.807) is 13.8 Å². The van der Waals surface area contributed by atoms with Crippen LogP contribution in [0.1, 0.15) is 39.0 Å². The Hall–Kier alpha value is -5.56. The molecule has 0 bridgehead atoms. The number of nitrogens with two attached hydrogens (primary N) is 3. The van der Waals surface area contributed by atoms with Crippen LogP contribution in [0.25, 0.3) is 33.5 Å². The lowest BCUT2D eigenvalue weighted by Crippen LogP contribution is -2.45. The number of fused-ring (bicyclic) bond motifs is 3. The van der Waals surface area contributed by atoms with Crippen LogP contribution in [-0.2, 0) is 66.5 Å². The number of aliphatic hydroxyl groups excluding tert-OH is 3. The molecule has 6 aromatic heterocycles. The van der Waals surface area contributed by atoms with Crippen molar-refractivity contribution in [2.75, 3.05) is 51.1 Å². The zero-order chi connectivity index (χ0) is 58.3. The fourth-order valence-electron chi connectivity index (χ4n) is 9.79. The maximum atomic E-state index is 14.7. The Balaban J connectivity index is 0.908. The van der Waals surface area contributed by atoms with Gasteiger partial charge in [-0.2, -0.15) is 13.6 Å². The van der Waals surface area contributed by atoms with E-state index in [4.69, 9.17) is 45.0 Å². The number of H-pyrrole nitrogens is 2. The van der Waals surface area contributed by atoms with E-state index in [1.807, 2.05) is 0 Å². The molecule has 38 nitrogen and oxygen atoms in total. The van der Waals surface area contributed by atoms with Crippen molar-refractivity contribution in [3.63, 3.8) is 0 Å². The zero-order valence-electron chi connectivity index (χ0n) is 42.3. The van der Waals surface area contributed by atoms with Gasteiger partial charge in [0.15, 0.2) is 35.2 Å². The number of hydrogen-bond donors (Lipinski definition) is 12. The fraction of sp³-hybridized carbons (Fsp3) is 0.579. The summed E-state index contributed by atoms with van der Waals surface area (Å²) in [5.74, 6) is -4.25. The quantitative estimate of drug-likeness (QED) is 0.0274. The topological polar surface area (TPSA) is 544 Å². The Kier molecular flexibility index (Phi) is 16.2. The molecule has 6 unspecified atom stereocenters. The number of hydrogen-bond acceptors (Lipinski definition) is 27. The number of carbonyl (C=O) groups excluding carboxylic acids is 1. The number of anilines is 3. The van der Waals surface area contributed by atoms with Crippen LogP contribution < -0.4 is 32.9 Å². The summed E-state index contributed by atoms with van der Waals surface area (Å²) in [7, 11) is -19.0. The number of aliphatic hydroxyl groups is 3. The molecule has 0 radical (unpaired) electrons. The van der Waals surface area contributed by atoms with Crippen LogP contribution >= 0.6 is 31.1 Å². The molecule has 1 amide bonds. The average Bonchev–Trinajstić information content (AvgIpc) is 4.43. The fourth-order valence-corrected chi connectivity index (χ4v) is 15.3. The minimum atomic E-state index is -6.24. The Morgan fingerprint density at radius 1 is 0.750 bits per heavy atom. The monoisotopic (exact) mass is 1210 g/mol. The highest BCUT2D eigenvalue weighted by Crippen LogP contribution is 2.68. The Bertz CT molecular complexity index is 3670. The van der Waals surface area contributed by atoms with E-state index >= 15 is 0 Å². The van der Waals surface area contributed by atoms with Crippen LogP contribution in [0.15, 0.2) is 34.9 Å². The van der Waals surface area contributed by atoms with Gasteiger partial charge in [0, 0.05) is 32.4 Å². The first-order valence-electron chi connectivity index (χ1n) is 23.7. The number of ether oxygens (including phenoxy) is 3. The molecule has 0 saturated carbocycles. The van der Waals surface area contributed by atoms with Crippen LogP contribution in [-0.4, -0.2) is 175 Å². The Morgan fingerprint density at radius 2 is 1.34 bits per heavy atom. The number of aryl methyl sites for hydroxylation is 1. The molecule has 9 heterocycles. The second kappa shape index (κ2) is 22.0. The van der Waals surface area contributed by atoms with Gasteiger partial charge in [-0.1, -0.05) is 18.8 Å². The SMILES string of the molecule is CC(C)[C@H]1[C@H](n2cnc3c(N)ncnc32)OC(COP(=O)(O)OP(=O)(O)OP(=O)(O)OC[C@H]2OC([n+]3cn(C)c4c(=O)[nH]c(N)nc43)[C@H](O)[C@@H]2CC(=O)N(C)C)[C@H]1P(=O)(O)OC[C@H]1O[C@@H](n2cnc3c(=O)[nH]c(N)nc32)[C@H](O)[C@@H]1O. The van der Waals surface area contributed by atoms with E-state index in [-0.39, 0.29) is 51.2 Å². The summed E-state index contributed by atoms with van der Waals surface area (Å²) in [6.45, 7) is 0.0176. The van der Waals surface area contributed by atoms with E-state index < -0.39 is 153 Å². The molecule has 15 N–H and O–H groups in total. The van der Waals surface area contributed by atoms with Crippen molar-refractivity contribution >= 4 is 88.2 Å². The normalized spacial score (nSPS) is 29.3. The smallest absolute Gasteiger partial charge is 0.387 e. The zero-order valence-corrected chi connectivity index (χ0v) is 45.9. The van der Waals surface area contributed by atoms with Gasteiger partial charge in [0.1, 0.15) is 42.5 Å². The predicted octanol–water partition coefficient (Wildman–Crippen LogP) is -2.65. The largest absolute Gasteiger partial charge is 0.490 e. The van der Waals surface area contributed by atoms with Crippen LogP contribution in [0.5, 0.6) is 0 Å². The number of nitrogens with zero attached hydrogens (tertiary/aromatic N) is 11. The molecule has 0 aliphatic carbocycles. The molecular weight excluding hydrogens is 1160 g/mol. The van der Waals surface area contributed by atoms with E-state index in [0.717, 1.165) is 17.2 Å². The minimum absolute atomic E-state index is 0.00336. The molecule has 42 heteroatoms. The molecule has 16 atom stereocenters. The molecular formula is C38H55N16O22P4+. The van der Waals surface area contributed by atoms with Gasteiger partial charge in [-0.15, -0.1) is 0 Å². The first kappa shape index (κ1) is 59.1. The van der Waals surface area contributed by atoms with Gasteiger partial charge in [-0.3, -0.25) is 51.7 Å². The predicted molar refractivity (Wildman–Crippen MR) is 266 cm³/mol. The number of amides is 1. The number of aromatic nitrogens is 12. The van der Waals surface area contributed by atoms with Gasteiger partial charge in [0.25, 0.3) is 17.1 Å². The molecule has 6 aromatic rings. The van der Waals surface area contributed by atoms with Crippen molar-refractivity contribution in [2.45, 2.75) is 81.2 Å². The molecule has 9 rings (SSSR count). The van der Waals surface area contributed by atoms with Gasteiger partial charge in [0.05, 0.1) is 57.4 Å². The summed E-state index contributed by atoms with van der Waals surface area (Å²) in [4.78, 5) is 112. The lowest BCUT2D eigenvalue weighted by molar-refractivity contribution is -0.745. The maximum Gasteiger partial charge on any atom is 0.490 e. The standard InChI is InChI=1S/C38H54N16O22P4/c1-14(2)20-27(77(61,62)69-8-17-25(57)26(58)36(73-17)53-12-45-22-30(53)46-37(40)48-32(22)59)18(74-34(20)52-11-44-21-28(39)42-10-43-29(21)52)9-71-79(65,66)76-80(67,68)75-78(63,64)70-7-16-15(6-19(55)50(3)4)24(56)35(72-16)54-13-51(5)23-31(54)47-38(41)49-33(23)60/h10-18,20,24-27,34-36,56-58H,6-9H2,1-5H3,(H11-,39,40,41,42,43,46,47,48,49,59,60,61,62,63,64,65,66,67,68)/p+1/t15-,16-,17-,18?,20-,24-,25-,26-,27-,34-,35?,36-/m1/s1. The summed E-state index contributed by atoms with van der Waals surface area (Å²) in [6.07, 6.45) is -10.1. The summed E-state index contributed by atoms with van der Waals surface area (Å²) in [6, 6.07) is 0. The Morgan fingerprint density at radius 3 is 1.99 bits per heavy atom. The number of aromatic amines is 2. The number of phosphoric acid groups is 3. The van der Waals surface area contributed by atoms with Crippen LogP contribution in [0.3, 0.4) is 0 Å². The van der Waals surface area contributed by atoms with E-state index in [0.29, 0.717) is 0 Å². The third kappa shape index (κ3) is 11.6. The first-order chi connectivity index (χ1) is 37.4. The number of nitrogen functional groups attached to an aromatic ring is 3. The minimum Gasteiger partial charge on any atom is -0.387 e. The third-order valence-electron chi connectivity index (χ3n) is 13.4. The second-order valence-corrected chi connectivity index (χ2v) is 25.9. The van der Waals surface area contributed by atoms with Crippen molar-refractivity contribution in [3.05, 3.63) is 46.0 Å². The highest BCUT2D eigenvalue weighted by Gasteiger charge is 2.58. The van der Waals surface area contributed by atoms with Crippen molar-refractivity contribution in [2.24, 2.45) is 24.8 Å². The van der Waals surface area contributed by atoms with Gasteiger partial charge >= 0.3 is 36.7 Å². The summed E-state index contributed by atoms with van der Waals surface area (Å²) < 4.78 is 102. The lowest BCUT2D eigenvalue weighted by atomic mass is 9.90. The molecule has 3 fully saturated rings. The van der Waals surface area contributed by atoms with Crippen LogP contribution in [0, 0.1) is 17.8 Å². The number of phosphoric ester groups is 2. The molecule has 0 spiro atoms. The molecule has 438 valence electrons. The number of rotatable bonds is 20. The summed E-state index contributed by atoms with van der Waals surface area (Å²) in [5.41, 5.74) is 14.1. The summed E-state index contributed by atoms with van der Waals surface area (Å²) >= 11 is 0. The van der Waals surface area contributed by atoms with Crippen molar-refractivity contribution in [3.8, 4) is 0 Å². The average molecular weight is 1210 g/mol. The van der Waals surface area contributed by atoms with Gasteiger partial charge in [0.2, 0.25) is 23.6 Å². The lowest BCUT2D eigenvalue weighted by Gasteiger charge is -2.31. The van der Waals surface area contributed by atoms with E-state index in [1.165, 1.54) is 52.4 Å². The van der Waals surface area contributed by atoms with E-state index in [2.05, 4.69) is 48.5 Å². The van der Waals surface area contributed by atoms with Crippen molar-refractivity contribution in [1.29, 1.82) is 0 Å². The molecule has 80 heavy (non-hydrogen) atoms. The number of nitrogens with one attached hydrogen (secondary N) is 2. The highest BCUT2D eigenvalue weighted by atomic mass is 31.3. The van der Waals surface area contributed by atoms with Gasteiger partial charge < -0.3 is 75.7 Å². The highest BCUT2D eigenvalue weighted by molar-refractivity contribution is 7.66. The van der Waals surface area contributed by atoms with Crippen molar-refractivity contribution < 1.29 is 98.9 Å². The maximum absolute atomic E-state index is 14.7. The molecule has 0 aromatic carbocycles. The van der Waals surface area contributed by atoms with E-state index in [9.17, 15) is 67.5 Å². The molecule has 3 saturated heterocycles. The van der Waals surface area contributed by atoms with Crippen molar-refractivity contribution in [1.82, 2.24) is 58.5 Å². The molecule has 3 aliphatic heterocycles.